The summed E-state index contributed by atoms with van der Waals surface area (Å²) in [5.41, 5.74) is 3.50. The van der Waals surface area contributed by atoms with Crippen LogP contribution < -0.4 is 5.32 Å². The summed E-state index contributed by atoms with van der Waals surface area (Å²) in [5.74, 6) is -0.483. The van der Waals surface area contributed by atoms with Gasteiger partial charge in [0.1, 0.15) is 0 Å². The fourth-order valence-corrected chi connectivity index (χ4v) is 3.17. The third-order valence-electron chi connectivity index (χ3n) is 4.47. The van der Waals surface area contributed by atoms with Crippen LogP contribution in [0.3, 0.4) is 0 Å². The average Bonchev–Trinajstić information content (AvgIpc) is 3.02. The Bertz CT molecular complexity index is 850. The van der Waals surface area contributed by atoms with Crippen LogP contribution in [-0.4, -0.2) is 40.9 Å². The van der Waals surface area contributed by atoms with Gasteiger partial charge in [0.25, 0.3) is 0 Å². The Morgan fingerprint density at radius 3 is 2.88 bits per heavy atom. The van der Waals surface area contributed by atoms with Gasteiger partial charge in [0, 0.05) is 48.5 Å². The topological polar surface area (TPSA) is 73.4 Å². The molecule has 7 heteroatoms. The molecule has 1 aliphatic heterocycles. The average molecular weight is 357 g/mol. The highest BCUT2D eigenvalue weighted by atomic mass is 19.1. The van der Waals surface area contributed by atoms with Gasteiger partial charge in [-0.1, -0.05) is 32.9 Å². The number of carbonyl (C=O) groups excluding carboxylic acids is 1. The van der Waals surface area contributed by atoms with Crippen molar-refractivity contribution in [1.82, 2.24) is 15.1 Å². The molecule has 2 N–H and O–H groups in total. The normalized spacial score (nSPS) is 14.6. The molecular formula is C19H24FN5O. The standard InChI is InChI=1S/C19H24FN5O/c1-19(2,3)17-13-11-25(9-8-14(13)23-24-17)18(26)22-15-7-5-6-12(10-21-4)16(15)20/h5-7,10H,8-9,11H2,1-4H3,(H,22,26)(H,23,24). The summed E-state index contributed by atoms with van der Waals surface area (Å²) < 4.78 is 14.5. The van der Waals surface area contributed by atoms with Crippen LogP contribution in [0.2, 0.25) is 0 Å². The summed E-state index contributed by atoms with van der Waals surface area (Å²) in [4.78, 5) is 18.2. The third kappa shape index (κ3) is 3.47. The van der Waals surface area contributed by atoms with Gasteiger partial charge < -0.3 is 10.2 Å². The van der Waals surface area contributed by atoms with Gasteiger partial charge in [-0.2, -0.15) is 5.10 Å². The van der Waals surface area contributed by atoms with Crippen molar-refractivity contribution in [3.63, 3.8) is 0 Å². The van der Waals surface area contributed by atoms with Gasteiger partial charge in [0.05, 0.1) is 17.9 Å². The van der Waals surface area contributed by atoms with Crippen molar-refractivity contribution in [2.24, 2.45) is 4.99 Å². The lowest BCUT2D eigenvalue weighted by atomic mass is 9.87. The second kappa shape index (κ2) is 6.90. The molecular weight excluding hydrogens is 333 g/mol. The molecule has 0 fully saturated rings. The minimum Gasteiger partial charge on any atom is -0.320 e. The van der Waals surface area contributed by atoms with Crippen molar-refractivity contribution in [3.8, 4) is 0 Å². The summed E-state index contributed by atoms with van der Waals surface area (Å²) in [5, 5.41) is 10.2. The van der Waals surface area contributed by atoms with Crippen LogP contribution in [-0.2, 0) is 18.4 Å². The minimum atomic E-state index is -0.483. The number of aromatic amines is 1. The van der Waals surface area contributed by atoms with E-state index in [-0.39, 0.29) is 17.1 Å². The molecule has 0 spiro atoms. The molecule has 3 rings (SSSR count). The van der Waals surface area contributed by atoms with Crippen LogP contribution in [0.1, 0.15) is 43.3 Å². The fourth-order valence-electron chi connectivity index (χ4n) is 3.17. The maximum Gasteiger partial charge on any atom is 0.322 e. The molecule has 0 bridgehead atoms. The molecule has 0 unspecified atom stereocenters. The Labute approximate surface area is 152 Å². The van der Waals surface area contributed by atoms with E-state index < -0.39 is 5.82 Å². The highest BCUT2D eigenvalue weighted by Crippen LogP contribution is 2.29. The molecule has 1 aliphatic rings. The first kappa shape index (κ1) is 18.1. The number of anilines is 1. The van der Waals surface area contributed by atoms with Crippen molar-refractivity contribution < 1.29 is 9.18 Å². The lowest BCUT2D eigenvalue weighted by Gasteiger charge is -2.29. The highest BCUT2D eigenvalue weighted by molar-refractivity contribution is 5.91. The van der Waals surface area contributed by atoms with E-state index in [1.165, 1.54) is 6.21 Å². The second-order valence-electron chi connectivity index (χ2n) is 7.48. The van der Waals surface area contributed by atoms with Gasteiger partial charge in [-0.25, -0.2) is 9.18 Å². The van der Waals surface area contributed by atoms with E-state index in [9.17, 15) is 9.18 Å². The summed E-state index contributed by atoms with van der Waals surface area (Å²) in [6, 6.07) is 4.54. The molecule has 2 aromatic rings. The molecule has 0 aliphatic carbocycles. The van der Waals surface area contributed by atoms with E-state index in [0.29, 0.717) is 25.1 Å². The zero-order valence-electron chi connectivity index (χ0n) is 15.6. The molecule has 26 heavy (non-hydrogen) atoms. The summed E-state index contributed by atoms with van der Waals surface area (Å²) in [7, 11) is 1.58. The number of fused-ring (bicyclic) bond motifs is 1. The first-order valence-corrected chi connectivity index (χ1v) is 8.64. The van der Waals surface area contributed by atoms with Gasteiger partial charge >= 0.3 is 6.03 Å². The van der Waals surface area contributed by atoms with Crippen molar-refractivity contribution in [2.75, 3.05) is 18.9 Å². The Morgan fingerprint density at radius 2 is 2.19 bits per heavy atom. The smallest absolute Gasteiger partial charge is 0.320 e. The quantitative estimate of drug-likeness (QED) is 0.808. The number of hydrogen-bond donors (Lipinski definition) is 2. The largest absolute Gasteiger partial charge is 0.322 e. The molecule has 1 aromatic carbocycles. The third-order valence-corrected chi connectivity index (χ3v) is 4.47. The number of benzene rings is 1. The van der Waals surface area contributed by atoms with E-state index in [0.717, 1.165) is 17.0 Å². The Kier molecular flexibility index (Phi) is 4.80. The second-order valence-corrected chi connectivity index (χ2v) is 7.48. The number of aliphatic imine (C=N–C) groups is 1. The van der Waals surface area contributed by atoms with Crippen molar-refractivity contribution in [3.05, 3.63) is 46.5 Å². The predicted molar refractivity (Wildman–Crippen MR) is 100 cm³/mol. The number of carbonyl (C=O) groups is 1. The number of halogens is 1. The van der Waals surface area contributed by atoms with Gasteiger partial charge in [-0.3, -0.25) is 10.1 Å². The molecule has 0 saturated carbocycles. The molecule has 1 aromatic heterocycles. The fraction of sp³-hybridized carbons (Fsp3) is 0.421. The van der Waals surface area contributed by atoms with E-state index in [4.69, 9.17) is 0 Å². The van der Waals surface area contributed by atoms with E-state index in [1.54, 1.807) is 30.1 Å². The van der Waals surface area contributed by atoms with Gasteiger partial charge in [0.15, 0.2) is 5.82 Å². The zero-order valence-corrected chi connectivity index (χ0v) is 15.6. The SMILES string of the molecule is CN=Cc1cccc(NC(=O)N2CCc3[nH]nc(C(C)(C)C)c3C2)c1F. The maximum atomic E-state index is 14.5. The number of amides is 2. The van der Waals surface area contributed by atoms with E-state index >= 15 is 0 Å². The Balaban J connectivity index is 1.79. The zero-order chi connectivity index (χ0) is 18.9. The van der Waals surface area contributed by atoms with Gasteiger partial charge in [-0.15, -0.1) is 0 Å². The van der Waals surface area contributed by atoms with Crippen LogP contribution in [0.4, 0.5) is 14.9 Å². The number of hydrogen-bond acceptors (Lipinski definition) is 3. The number of H-pyrrole nitrogens is 1. The lowest BCUT2D eigenvalue weighted by molar-refractivity contribution is 0.205. The maximum absolute atomic E-state index is 14.5. The number of aromatic nitrogens is 2. The molecule has 0 radical (unpaired) electrons. The number of nitrogens with one attached hydrogen (secondary N) is 2. The van der Waals surface area contributed by atoms with Crippen molar-refractivity contribution in [2.45, 2.75) is 39.2 Å². The lowest BCUT2D eigenvalue weighted by Crippen LogP contribution is -2.39. The number of rotatable bonds is 2. The highest BCUT2D eigenvalue weighted by Gasteiger charge is 2.30. The molecule has 0 atom stereocenters. The molecule has 2 amide bonds. The first-order valence-electron chi connectivity index (χ1n) is 8.64. The monoisotopic (exact) mass is 357 g/mol. The Hall–Kier alpha value is -2.70. The molecule has 138 valence electrons. The van der Waals surface area contributed by atoms with E-state index in [1.807, 2.05) is 0 Å². The summed E-state index contributed by atoms with van der Waals surface area (Å²) in [6.45, 7) is 7.31. The molecule has 0 saturated heterocycles. The predicted octanol–water partition coefficient (Wildman–Crippen LogP) is 3.49. The number of urea groups is 1. The first-order chi connectivity index (χ1) is 12.3. The number of nitrogens with zero attached hydrogens (tertiary/aromatic N) is 3. The summed E-state index contributed by atoms with van der Waals surface area (Å²) in [6.07, 6.45) is 2.14. The minimum absolute atomic E-state index is 0.108. The Morgan fingerprint density at radius 1 is 1.42 bits per heavy atom. The van der Waals surface area contributed by atoms with Crippen molar-refractivity contribution >= 4 is 17.9 Å². The van der Waals surface area contributed by atoms with E-state index in [2.05, 4.69) is 41.3 Å². The summed E-state index contributed by atoms with van der Waals surface area (Å²) >= 11 is 0. The van der Waals surface area contributed by atoms with Gasteiger partial charge in [0.2, 0.25) is 0 Å². The van der Waals surface area contributed by atoms with Crippen LogP contribution in [0.5, 0.6) is 0 Å². The molecule has 6 nitrogen and oxygen atoms in total. The van der Waals surface area contributed by atoms with Crippen LogP contribution in [0.15, 0.2) is 23.2 Å². The van der Waals surface area contributed by atoms with Gasteiger partial charge in [-0.05, 0) is 6.07 Å². The van der Waals surface area contributed by atoms with Crippen LogP contribution in [0, 0.1) is 5.82 Å². The molecule has 2 heterocycles. The van der Waals surface area contributed by atoms with Crippen LogP contribution in [0.25, 0.3) is 0 Å². The van der Waals surface area contributed by atoms with Crippen molar-refractivity contribution in [1.29, 1.82) is 0 Å². The van der Waals surface area contributed by atoms with Crippen LogP contribution >= 0.6 is 0 Å².